The van der Waals surface area contributed by atoms with Crippen molar-refractivity contribution in [3.05, 3.63) is 42.0 Å². The minimum atomic E-state index is -0.508. The van der Waals surface area contributed by atoms with Gasteiger partial charge in [0.25, 0.3) is 0 Å². The third-order valence-electron chi connectivity index (χ3n) is 2.74. The van der Waals surface area contributed by atoms with Crippen LogP contribution in [0.1, 0.15) is 12.5 Å². The van der Waals surface area contributed by atoms with E-state index in [1.54, 1.807) is 25.1 Å². The molecule has 0 spiro atoms. The number of carbonyl (C=O) groups is 1. The number of rotatable bonds is 4. The standard InChI is InChI=1S/C13H15NO3/c1-2-3-12(16)14-11-6-4-10(5-7-11)13(8-15)9-17-13/h2-7,15H,8-9H2,1H3,(H,14,16)/b3-2+/t13-/m1/s1. The van der Waals surface area contributed by atoms with E-state index in [1.807, 2.05) is 12.1 Å². The van der Waals surface area contributed by atoms with Crippen molar-refractivity contribution in [2.75, 3.05) is 18.5 Å². The summed E-state index contributed by atoms with van der Waals surface area (Å²) in [5.41, 5.74) is 1.15. The van der Waals surface area contributed by atoms with Crippen molar-refractivity contribution in [2.24, 2.45) is 0 Å². The molecule has 0 radical (unpaired) electrons. The summed E-state index contributed by atoms with van der Waals surface area (Å²) in [6, 6.07) is 7.31. The zero-order valence-corrected chi connectivity index (χ0v) is 9.64. The van der Waals surface area contributed by atoms with Crippen LogP contribution < -0.4 is 5.32 Å². The minimum Gasteiger partial charge on any atom is -0.393 e. The number of carbonyl (C=O) groups excluding carboxylic acids is 1. The van der Waals surface area contributed by atoms with Crippen LogP contribution in [0.2, 0.25) is 0 Å². The monoisotopic (exact) mass is 233 g/mol. The Morgan fingerprint density at radius 2 is 2.18 bits per heavy atom. The molecule has 2 N–H and O–H groups in total. The van der Waals surface area contributed by atoms with E-state index in [-0.39, 0.29) is 12.5 Å². The first-order valence-electron chi connectivity index (χ1n) is 5.49. The third-order valence-corrected chi connectivity index (χ3v) is 2.74. The van der Waals surface area contributed by atoms with E-state index in [2.05, 4.69) is 5.32 Å². The number of ether oxygens (including phenoxy) is 1. The van der Waals surface area contributed by atoms with Gasteiger partial charge >= 0.3 is 0 Å². The second-order valence-corrected chi connectivity index (χ2v) is 4.01. The van der Waals surface area contributed by atoms with Gasteiger partial charge in [0.15, 0.2) is 0 Å². The molecule has 1 fully saturated rings. The molecule has 1 amide bonds. The van der Waals surface area contributed by atoms with Crippen molar-refractivity contribution in [3.63, 3.8) is 0 Å². The second-order valence-electron chi connectivity index (χ2n) is 4.01. The molecule has 1 atom stereocenters. The van der Waals surface area contributed by atoms with E-state index < -0.39 is 5.60 Å². The Kier molecular flexibility index (Phi) is 3.26. The van der Waals surface area contributed by atoms with Gasteiger partial charge in [-0.05, 0) is 30.7 Å². The van der Waals surface area contributed by atoms with Crippen LogP contribution in [0.4, 0.5) is 5.69 Å². The SMILES string of the molecule is C/C=C/C(=O)Nc1ccc([C@@]2(CO)CO2)cc1. The van der Waals surface area contributed by atoms with Gasteiger partial charge in [0.2, 0.25) is 5.91 Å². The highest BCUT2D eigenvalue weighted by Gasteiger charge is 2.45. The first-order chi connectivity index (χ1) is 8.20. The number of hydrogen-bond acceptors (Lipinski definition) is 3. The number of aliphatic hydroxyl groups excluding tert-OH is 1. The summed E-state index contributed by atoms with van der Waals surface area (Å²) in [5.74, 6) is -0.153. The fourth-order valence-corrected chi connectivity index (χ4v) is 1.63. The van der Waals surface area contributed by atoms with Crippen molar-refractivity contribution >= 4 is 11.6 Å². The fraction of sp³-hybridized carbons (Fsp3) is 0.308. The molecule has 0 bridgehead atoms. The summed E-state index contributed by atoms with van der Waals surface area (Å²) in [5, 5.41) is 11.9. The lowest BCUT2D eigenvalue weighted by molar-refractivity contribution is -0.111. The Morgan fingerprint density at radius 1 is 1.53 bits per heavy atom. The fourth-order valence-electron chi connectivity index (χ4n) is 1.63. The molecule has 1 saturated heterocycles. The van der Waals surface area contributed by atoms with Gasteiger partial charge in [0.05, 0.1) is 13.2 Å². The van der Waals surface area contributed by atoms with Gasteiger partial charge in [0.1, 0.15) is 5.60 Å². The molecule has 1 aliphatic rings. The number of aliphatic hydroxyl groups is 1. The van der Waals surface area contributed by atoms with Crippen LogP contribution in [-0.4, -0.2) is 24.2 Å². The maximum atomic E-state index is 11.3. The molecule has 17 heavy (non-hydrogen) atoms. The topological polar surface area (TPSA) is 61.9 Å². The van der Waals surface area contributed by atoms with E-state index in [1.165, 1.54) is 6.08 Å². The summed E-state index contributed by atoms with van der Waals surface area (Å²) >= 11 is 0. The van der Waals surface area contributed by atoms with Crippen LogP contribution in [0.15, 0.2) is 36.4 Å². The predicted molar refractivity (Wildman–Crippen MR) is 64.6 cm³/mol. The van der Waals surface area contributed by atoms with E-state index in [9.17, 15) is 9.90 Å². The molecule has 1 aliphatic heterocycles. The number of hydrogen-bond donors (Lipinski definition) is 2. The van der Waals surface area contributed by atoms with Crippen LogP contribution in [0.5, 0.6) is 0 Å². The van der Waals surface area contributed by atoms with Gasteiger partial charge in [-0.1, -0.05) is 18.2 Å². The van der Waals surface area contributed by atoms with E-state index in [0.29, 0.717) is 6.61 Å². The summed E-state index contributed by atoms with van der Waals surface area (Å²) in [4.78, 5) is 11.3. The van der Waals surface area contributed by atoms with Crippen LogP contribution in [0, 0.1) is 0 Å². The first-order valence-corrected chi connectivity index (χ1v) is 5.49. The zero-order chi connectivity index (χ0) is 12.3. The molecule has 0 aliphatic carbocycles. The van der Waals surface area contributed by atoms with Crippen molar-refractivity contribution in [3.8, 4) is 0 Å². The van der Waals surface area contributed by atoms with Gasteiger partial charge in [-0.3, -0.25) is 4.79 Å². The van der Waals surface area contributed by atoms with Crippen molar-refractivity contribution in [2.45, 2.75) is 12.5 Å². The molecule has 2 rings (SSSR count). The van der Waals surface area contributed by atoms with E-state index >= 15 is 0 Å². The normalized spacial score (nSPS) is 22.7. The molecule has 1 heterocycles. The lowest BCUT2D eigenvalue weighted by Gasteiger charge is -2.09. The first kappa shape index (κ1) is 11.8. The number of allylic oxidation sites excluding steroid dienone is 1. The lowest BCUT2D eigenvalue weighted by Crippen LogP contribution is -2.14. The molecule has 90 valence electrons. The molecular weight excluding hydrogens is 218 g/mol. The molecule has 1 aromatic rings. The highest BCUT2D eigenvalue weighted by atomic mass is 16.6. The zero-order valence-electron chi connectivity index (χ0n) is 9.64. The van der Waals surface area contributed by atoms with Crippen molar-refractivity contribution in [1.82, 2.24) is 0 Å². The molecule has 4 nitrogen and oxygen atoms in total. The average molecular weight is 233 g/mol. The van der Waals surface area contributed by atoms with E-state index in [4.69, 9.17) is 4.74 Å². The molecular formula is C13H15NO3. The van der Waals surface area contributed by atoms with Crippen LogP contribution in [0.3, 0.4) is 0 Å². The molecule has 0 unspecified atom stereocenters. The second kappa shape index (κ2) is 4.69. The number of anilines is 1. The molecule has 0 saturated carbocycles. The summed E-state index contributed by atoms with van der Waals surface area (Å²) in [6.45, 7) is 2.32. The van der Waals surface area contributed by atoms with E-state index in [0.717, 1.165) is 11.3 Å². The maximum absolute atomic E-state index is 11.3. The molecule has 1 aromatic carbocycles. The summed E-state index contributed by atoms with van der Waals surface area (Å²) in [6.07, 6.45) is 3.15. The minimum absolute atomic E-state index is 0.0166. The highest BCUT2D eigenvalue weighted by molar-refractivity contribution is 5.99. The third kappa shape index (κ3) is 2.54. The maximum Gasteiger partial charge on any atom is 0.248 e. The Bertz CT molecular complexity index is 432. The Labute approximate surface area is 99.9 Å². The number of nitrogens with one attached hydrogen (secondary N) is 1. The van der Waals surface area contributed by atoms with Gasteiger partial charge in [-0.2, -0.15) is 0 Å². The van der Waals surface area contributed by atoms with Crippen LogP contribution in [-0.2, 0) is 15.1 Å². The lowest BCUT2D eigenvalue weighted by atomic mass is 10.0. The Hall–Kier alpha value is -1.65. The Morgan fingerprint density at radius 3 is 2.65 bits per heavy atom. The molecule has 4 heteroatoms. The van der Waals surface area contributed by atoms with Gasteiger partial charge in [-0.15, -0.1) is 0 Å². The number of amides is 1. The number of benzene rings is 1. The quantitative estimate of drug-likeness (QED) is 0.610. The highest BCUT2D eigenvalue weighted by Crippen LogP contribution is 2.38. The largest absolute Gasteiger partial charge is 0.393 e. The number of epoxide rings is 1. The Balaban J connectivity index is 2.06. The summed E-state index contributed by atoms with van der Waals surface area (Å²) in [7, 11) is 0. The van der Waals surface area contributed by atoms with Gasteiger partial charge < -0.3 is 15.2 Å². The van der Waals surface area contributed by atoms with Gasteiger partial charge in [0, 0.05) is 5.69 Å². The van der Waals surface area contributed by atoms with Crippen molar-refractivity contribution < 1.29 is 14.6 Å². The predicted octanol–water partition coefficient (Wildman–Crippen LogP) is 1.42. The summed E-state index contributed by atoms with van der Waals surface area (Å²) < 4.78 is 5.24. The van der Waals surface area contributed by atoms with Crippen LogP contribution >= 0.6 is 0 Å². The smallest absolute Gasteiger partial charge is 0.248 e. The average Bonchev–Trinajstić information content (AvgIpc) is 3.11. The molecule has 0 aromatic heterocycles. The van der Waals surface area contributed by atoms with Crippen LogP contribution in [0.25, 0.3) is 0 Å². The van der Waals surface area contributed by atoms with Gasteiger partial charge in [-0.25, -0.2) is 0 Å². The van der Waals surface area contributed by atoms with Crippen molar-refractivity contribution in [1.29, 1.82) is 0 Å².